The molecule has 1 heterocycles. The van der Waals surface area contributed by atoms with Crippen molar-refractivity contribution in [1.82, 2.24) is 5.32 Å². The lowest BCUT2D eigenvalue weighted by Gasteiger charge is -2.04. The summed E-state index contributed by atoms with van der Waals surface area (Å²) in [5.41, 5.74) is 2.24. The first kappa shape index (κ1) is 15.6. The molecule has 0 unspecified atom stereocenters. The molecule has 21 heavy (non-hydrogen) atoms. The Bertz CT molecular complexity index is 536. The van der Waals surface area contributed by atoms with Crippen molar-refractivity contribution in [2.75, 3.05) is 13.7 Å². The Kier molecular flexibility index (Phi) is 6.31. The Labute approximate surface area is 126 Å². The molecule has 1 N–H and O–H groups in total. The summed E-state index contributed by atoms with van der Waals surface area (Å²) in [4.78, 5) is 0. The lowest BCUT2D eigenvalue weighted by molar-refractivity contribution is 0.0928. The SMILES string of the molecule is CCCNCc1coc(COCc2cccc(OC)c2)c1. The number of hydrogen-bond acceptors (Lipinski definition) is 4. The van der Waals surface area contributed by atoms with E-state index in [-0.39, 0.29) is 0 Å². The third kappa shape index (κ3) is 5.25. The quantitative estimate of drug-likeness (QED) is 0.717. The predicted octanol–water partition coefficient (Wildman–Crippen LogP) is 3.50. The maximum atomic E-state index is 5.67. The fraction of sp³-hybridized carbons (Fsp3) is 0.412. The molecule has 2 rings (SSSR count). The van der Waals surface area contributed by atoms with Crippen LogP contribution < -0.4 is 10.1 Å². The Morgan fingerprint density at radius 2 is 2.05 bits per heavy atom. The summed E-state index contributed by atoms with van der Waals surface area (Å²) in [6, 6.07) is 9.91. The third-order valence-corrected chi connectivity index (χ3v) is 3.11. The average Bonchev–Trinajstić information content (AvgIpc) is 2.96. The van der Waals surface area contributed by atoms with E-state index in [1.807, 2.05) is 30.3 Å². The number of ether oxygens (including phenoxy) is 2. The molecule has 0 atom stereocenters. The smallest absolute Gasteiger partial charge is 0.129 e. The molecule has 4 heteroatoms. The molecule has 1 aromatic heterocycles. The Balaban J connectivity index is 1.75. The van der Waals surface area contributed by atoms with Gasteiger partial charge in [-0.3, -0.25) is 0 Å². The van der Waals surface area contributed by atoms with Gasteiger partial charge >= 0.3 is 0 Å². The second kappa shape index (κ2) is 8.49. The van der Waals surface area contributed by atoms with Crippen molar-refractivity contribution >= 4 is 0 Å². The Morgan fingerprint density at radius 3 is 2.86 bits per heavy atom. The molecule has 2 aromatic rings. The molecular weight excluding hydrogens is 266 g/mol. The first-order valence-corrected chi connectivity index (χ1v) is 7.29. The lowest BCUT2D eigenvalue weighted by Crippen LogP contribution is -2.13. The van der Waals surface area contributed by atoms with Crippen molar-refractivity contribution < 1.29 is 13.9 Å². The van der Waals surface area contributed by atoms with E-state index < -0.39 is 0 Å². The number of hydrogen-bond donors (Lipinski definition) is 1. The molecule has 0 amide bonds. The maximum absolute atomic E-state index is 5.67. The van der Waals surface area contributed by atoms with Crippen LogP contribution in [0.4, 0.5) is 0 Å². The van der Waals surface area contributed by atoms with Gasteiger partial charge in [0.25, 0.3) is 0 Å². The van der Waals surface area contributed by atoms with Crippen LogP contribution in [0, 0.1) is 0 Å². The molecule has 0 aliphatic heterocycles. The highest BCUT2D eigenvalue weighted by Gasteiger charge is 2.03. The molecular formula is C17H23NO3. The Morgan fingerprint density at radius 1 is 1.14 bits per heavy atom. The van der Waals surface area contributed by atoms with Gasteiger partial charge in [0.15, 0.2) is 0 Å². The van der Waals surface area contributed by atoms with E-state index in [2.05, 4.69) is 12.2 Å². The van der Waals surface area contributed by atoms with E-state index in [9.17, 15) is 0 Å². The minimum Gasteiger partial charge on any atom is -0.497 e. The van der Waals surface area contributed by atoms with Crippen molar-refractivity contribution in [2.45, 2.75) is 33.1 Å². The summed E-state index contributed by atoms with van der Waals surface area (Å²) in [5, 5.41) is 3.34. The number of benzene rings is 1. The minimum absolute atomic E-state index is 0.477. The summed E-state index contributed by atoms with van der Waals surface area (Å²) in [7, 11) is 1.66. The van der Waals surface area contributed by atoms with Gasteiger partial charge in [0.05, 0.1) is 20.0 Å². The summed E-state index contributed by atoms with van der Waals surface area (Å²) in [5.74, 6) is 1.70. The van der Waals surface area contributed by atoms with E-state index >= 15 is 0 Å². The molecule has 0 aliphatic carbocycles. The number of methoxy groups -OCH3 is 1. The van der Waals surface area contributed by atoms with Gasteiger partial charge in [-0.15, -0.1) is 0 Å². The molecule has 0 aliphatic rings. The normalized spacial score (nSPS) is 10.8. The molecule has 4 nitrogen and oxygen atoms in total. The molecule has 0 fully saturated rings. The van der Waals surface area contributed by atoms with Crippen molar-refractivity contribution in [3.8, 4) is 5.75 Å². The third-order valence-electron chi connectivity index (χ3n) is 3.11. The monoisotopic (exact) mass is 289 g/mol. The van der Waals surface area contributed by atoms with E-state index in [0.29, 0.717) is 13.2 Å². The van der Waals surface area contributed by atoms with E-state index in [4.69, 9.17) is 13.9 Å². The van der Waals surface area contributed by atoms with Crippen LogP contribution in [0.15, 0.2) is 41.0 Å². The van der Waals surface area contributed by atoms with Gasteiger partial charge in [-0.2, -0.15) is 0 Å². The molecule has 0 bridgehead atoms. The van der Waals surface area contributed by atoms with Crippen LogP contribution in [0.25, 0.3) is 0 Å². The van der Waals surface area contributed by atoms with Crippen LogP contribution in [0.1, 0.15) is 30.2 Å². The molecule has 1 aromatic carbocycles. The van der Waals surface area contributed by atoms with Crippen LogP contribution >= 0.6 is 0 Å². The Hall–Kier alpha value is -1.78. The fourth-order valence-corrected chi connectivity index (χ4v) is 2.04. The number of furan rings is 1. The molecule has 0 spiro atoms. The van der Waals surface area contributed by atoms with Gasteiger partial charge < -0.3 is 19.2 Å². The van der Waals surface area contributed by atoms with Crippen molar-refractivity contribution in [3.05, 3.63) is 53.5 Å². The minimum atomic E-state index is 0.477. The number of rotatable bonds is 9. The van der Waals surface area contributed by atoms with Crippen molar-refractivity contribution in [3.63, 3.8) is 0 Å². The summed E-state index contributed by atoms with van der Waals surface area (Å²) < 4.78 is 16.4. The average molecular weight is 289 g/mol. The zero-order chi connectivity index (χ0) is 14.9. The topological polar surface area (TPSA) is 43.6 Å². The summed E-state index contributed by atoms with van der Waals surface area (Å²) >= 11 is 0. The van der Waals surface area contributed by atoms with Gasteiger partial charge in [-0.25, -0.2) is 0 Å². The molecule has 114 valence electrons. The molecule has 0 radical (unpaired) electrons. The van der Waals surface area contributed by atoms with Crippen LogP contribution in [-0.2, 0) is 24.5 Å². The standard InChI is InChI=1S/C17H23NO3/c1-3-7-18-10-15-9-17(21-12-15)13-20-11-14-5-4-6-16(8-14)19-2/h4-6,8-9,12,18H,3,7,10-11,13H2,1-2H3. The van der Waals surface area contributed by atoms with Crippen LogP contribution in [-0.4, -0.2) is 13.7 Å². The van der Waals surface area contributed by atoms with Crippen LogP contribution in [0.5, 0.6) is 5.75 Å². The van der Waals surface area contributed by atoms with Crippen LogP contribution in [0.2, 0.25) is 0 Å². The van der Waals surface area contributed by atoms with Gasteiger partial charge in [-0.1, -0.05) is 19.1 Å². The van der Waals surface area contributed by atoms with E-state index in [1.165, 1.54) is 0 Å². The summed E-state index contributed by atoms with van der Waals surface area (Å²) in [6.45, 7) is 5.03. The predicted molar refractivity (Wildman–Crippen MR) is 82.2 cm³/mol. The van der Waals surface area contributed by atoms with Crippen LogP contribution in [0.3, 0.4) is 0 Å². The number of nitrogens with one attached hydrogen (secondary N) is 1. The second-order valence-corrected chi connectivity index (χ2v) is 4.94. The first-order valence-electron chi connectivity index (χ1n) is 7.29. The molecule has 0 saturated heterocycles. The second-order valence-electron chi connectivity index (χ2n) is 4.94. The van der Waals surface area contributed by atoms with Crippen molar-refractivity contribution in [2.24, 2.45) is 0 Å². The maximum Gasteiger partial charge on any atom is 0.129 e. The lowest BCUT2D eigenvalue weighted by atomic mass is 10.2. The molecule has 0 saturated carbocycles. The van der Waals surface area contributed by atoms with Gasteiger partial charge in [0.2, 0.25) is 0 Å². The van der Waals surface area contributed by atoms with Crippen molar-refractivity contribution in [1.29, 1.82) is 0 Å². The first-order chi connectivity index (χ1) is 10.3. The van der Waals surface area contributed by atoms with E-state index in [1.54, 1.807) is 13.4 Å². The summed E-state index contributed by atoms with van der Waals surface area (Å²) in [6.07, 6.45) is 2.92. The highest BCUT2D eigenvalue weighted by Crippen LogP contribution is 2.15. The highest BCUT2D eigenvalue weighted by molar-refractivity contribution is 5.27. The van der Waals surface area contributed by atoms with Gasteiger partial charge in [0, 0.05) is 12.1 Å². The fourth-order valence-electron chi connectivity index (χ4n) is 2.04. The zero-order valence-electron chi connectivity index (χ0n) is 12.7. The largest absolute Gasteiger partial charge is 0.497 e. The zero-order valence-corrected chi connectivity index (χ0v) is 12.7. The van der Waals surface area contributed by atoms with E-state index in [0.717, 1.165) is 42.1 Å². The highest BCUT2D eigenvalue weighted by atomic mass is 16.5. The van der Waals surface area contributed by atoms with Gasteiger partial charge in [0.1, 0.15) is 18.1 Å². The van der Waals surface area contributed by atoms with Gasteiger partial charge in [-0.05, 0) is 36.7 Å².